The minimum atomic E-state index is -4.41. The fourth-order valence-corrected chi connectivity index (χ4v) is 5.15. The quantitative estimate of drug-likeness (QED) is 0.302. The molecule has 0 amide bonds. The number of halogens is 3. The number of hydrogen-bond donors (Lipinski definition) is 3. The molecule has 12 nitrogen and oxygen atoms in total. The van der Waals surface area contributed by atoms with Crippen molar-refractivity contribution < 1.29 is 37.4 Å². The van der Waals surface area contributed by atoms with Crippen LogP contribution < -0.4 is 20.9 Å². The molecule has 3 N–H and O–H groups in total. The zero-order valence-electron chi connectivity index (χ0n) is 19.1. The van der Waals surface area contributed by atoms with E-state index < -0.39 is 61.7 Å². The minimum absolute atomic E-state index is 0.0433. The van der Waals surface area contributed by atoms with E-state index in [0.717, 1.165) is 30.9 Å². The number of H-pyrrole nitrogens is 1. The van der Waals surface area contributed by atoms with E-state index in [1.165, 1.54) is 25.1 Å². The van der Waals surface area contributed by atoms with Gasteiger partial charge in [0.25, 0.3) is 5.56 Å². The number of aliphatic hydroxyl groups is 1. The molecule has 1 fully saturated rings. The van der Waals surface area contributed by atoms with Crippen molar-refractivity contribution in [1.29, 1.82) is 0 Å². The molecule has 0 saturated carbocycles. The Kier molecular flexibility index (Phi) is 8.67. The van der Waals surface area contributed by atoms with Gasteiger partial charge in [0.05, 0.1) is 23.8 Å². The molecule has 1 aliphatic heterocycles. The van der Waals surface area contributed by atoms with Crippen molar-refractivity contribution in [3.8, 4) is 5.75 Å². The number of aliphatic hydroxyl groups excluding tert-OH is 1. The van der Waals surface area contributed by atoms with Crippen LogP contribution in [-0.4, -0.2) is 58.3 Å². The van der Waals surface area contributed by atoms with Crippen molar-refractivity contribution in [3.05, 3.63) is 61.3 Å². The van der Waals surface area contributed by atoms with Crippen LogP contribution in [0.25, 0.3) is 0 Å². The highest BCUT2D eigenvalue weighted by Gasteiger charge is 2.55. The molecule has 16 heteroatoms. The topological polar surface area (TPSA) is 158 Å². The number of methoxy groups -OCH3 is 1. The lowest BCUT2D eigenvalue weighted by atomic mass is 9.98. The summed E-state index contributed by atoms with van der Waals surface area (Å²) in [5.41, 5.74) is -4.19. The Hall–Kier alpha value is -2.25. The minimum Gasteiger partial charge on any atom is -0.468 e. The van der Waals surface area contributed by atoms with Gasteiger partial charge in [0.2, 0.25) is 0 Å². The van der Waals surface area contributed by atoms with Gasteiger partial charge in [-0.25, -0.2) is 13.8 Å². The van der Waals surface area contributed by atoms with Crippen molar-refractivity contribution in [2.24, 2.45) is 0 Å². The second kappa shape index (κ2) is 11.0. The number of aromatic amines is 1. The van der Waals surface area contributed by atoms with Gasteiger partial charge in [0, 0.05) is 18.3 Å². The molecular formula is C20H23Cl2FN3O9P. The summed E-state index contributed by atoms with van der Waals surface area (Å²) >= 11 is 11.8. The van der Waals surface area contributed by atoms with Crippen molar-refractivity contribution in [2.75, 3.05) is 13.7 Å². The number of alkyl halides is 1. The van der Waals surface area contributed by atoms with E-state index in [9.17, 15) is 24.1 Å². The third-order valence-corrected chi connectivity index (χ3v) is 7.64. The van der Waals surface area contributed by atoms with Gasteiger partial charge < -0.3 is 19.1 Å². The van der Waals surface area contributed by atoms with E-state index in [1.54, 1.807) is 0 Å². The van der Waals surface area contributed by atoms with Gasteiger partial charge in [-0.3, -0.25) is 23.7 Å². The maximum Gasteiger partial charge on any atom is 0.459 e. The van der Waals surface area contributed by atoms with Gasteiger partial charge in [-0.1, -0.05) is 23.2 Å². The fourth-order valence-electron chi connectivity index (χ4n) is 3.36. The molecule has 6 atom stereocenters. The average molecular weight is 570 g/mol. The molecule has 2 heterocycles. The van der Waals surface area contributed by atoms with Crippen LogP contribution in [0.4, 0.5) is 4.39 Å². The normalized spacial score (nSPS) is 26.2. The van der Waals surface area contributed by atoms with Crippen LogP contribution in [0.15, 0.2) is 40.1 Å². The van der Waals surface area contributed by atoms with Crippen LogP contribution in [0.5, 0.6) is 5.75 Å². The maximum absolute atomic E-state index is 15.4. The van der Waals surface area contributed by atoms with Gasteiger partial charge in [-0.15, -0.1) is 0 Å². The largest absolute Gasteiger partial charge is 0.468 e. The molecule has 3 rings (SSSR count). The van der Waals surface area contributed by atoms with Gasteiger partial charge in [-0.05, 0) is 26.0 Å². The molecule has 0 spiro atoms. The third kappa shape index (κ3) is 6.17. The van der Waals surface area contributed by atoms with Crippen molar-refractivity contribution in [3.63, 3.8) is 0 Å². The molecule has 36 heavy (non-hydrogen) atoms. The SMILES string of the molecule is COC(=O)[C@H](C)NP(=O)(OC[C@H]1O[C@@H](n2ccc(=O)[nH]c2=O)C(C)(F)[C@@H]1O)Oc1ccc(Cl)c(Cl)c1. The summed E-state index contributed by atoms with van der Waals surface area (Å²) in [6.07, 6.45) is -3.93. The second-order valence-electron chi connectivity index (χ2n) is 7.97. The third-order valence-electron chi connectivity index (χ3n) is 5.25. The number of carbonyl (C=O) groups excluding carboxylic acids is 1. The van der Waals surface area contributed by atoms with E-state index in [0.29, 0.717) is 0 Å². The van der Waals surface area contributed by atoms with Crippen LogP contribution >= 0.6 is 30.9 Å². The van der Waals surface area contributed by atoms with Gasteiger partial charge in [0.1, 0.15) is 24.0 Å². The summed E-state index contributed by atoms with van der Waals surface area (Å²) in [6.45, 7) is 1.62. The van der Waals surface area contributed by atoms with E-state index in [2.05, 4.69) is 9.82 Å². The Morgan fingerprint density at radius 2 is 2.06 bits per heavy atom. The van der Waals surface area contributed by atoms with Crippen LogP contribution in [0.2, 0.25) is 10.0 Å². The number of rotatable bonds is 9. The summed E-state index contributed by atoms with van der Waals surface area (Å²) < 4.78 is 50.6. The van der Waals surface area contributed by atoms with Crippen LogP contribution in [0, 0.1) is 0 Å². The molecule has 1 aromatic carbocycles. The second-order valence-corrected chi connectivity index (χ2v) is 10.5. The molecule has 0 radical (unpaired) electrons. The Balaban J connectivity index is 1.83. The monoisotopic (exact) mass is 569 g/mol. The first-order chi connectivity index (χ1) is 16.8. The molecule has 2 unspecified atom stereocenters. The van der Waals surface area contributed by atoms with Crippen molar-refractivity contribution in [2.45, 2.75) is 44.0 Å². The predicted molar refractivity (Wildman–Crippen MR) is 126 cm³/mol. The number of aromatic nitrogens is 2. The Morgan fingerprint density at radius 3 is 2.67 bits per heavy atom. The number of esters is 1. The predicted octanol–water partition coefficient (Wildman–Crippen LogP) is 2.18. The first-order valence-corrected chi connectivity index (χ1v) is 12.7. The Labute approximate surface area is 213 Å². The fraction of sp³-hybridized carbons (Fsp3) is 0.450. The first kappa shape index (κ1) is 28.3. The first-order valence-electron chi connectivity index (χ1n) is 10.4. The number of nitrogens with zero attached hydrogens (tertiary/aromatic N) is 1. The summed E-state index contributed by atoms with van der Waals surface area (Å²) in [4.78, 5) is 37.3. The molecule has 2 aromatic rings. The molecule has 0 aliphatic carbocycles. The lowest BCUT2D eigenvalue weighted by molar-refractivity contribution is -0.142. The highest BCUT2D eigenvalue weighted by Crippen LogP contribution is 2.48. The molecule has 1 aromatic heterocycles. The van der Waals surface area contributed by atoms with Gasteiger partial charge >= 0.3 is 19.4 Å². The van der Waals surface area contributed by atoms with E-state index >= 15 is 4.39 Å². The van der Waals surface area contributed by atoms with E-state index in [4.69, 9.17) is 37.0 Å². The standard InChI is InChI=1S/C20H23Cl2FN3O9P/c1-10(17(29)32-3)25-36(31,35-11-4-5-12(21)13(22)8-11)33-9-14-16(28)20(2,23)18(34-14)26-7-6-15(27)24-19(26)30/h4-8,10,14,16,18,28H,9H2,1-3H3,(H,25,31)(H,24,27,30)/t10-,14+,16+,18+,20?,36?/m0/s1. The maximum atomic E-state index is 15.4. The lowest BCUT2D eigenvalue weighted by Gasteiger charge is -2.25. The number of carbonyl (C=O) groups is 1. The molecular weight excluding hydrogens is 547 g/mol. The van der Waals surface area contributed by atoms with E-state index in [1.807, 2.05) is 4.98 Å². The van der Waals surface area contributed by atoms with Crippen LogP contribution in [0.1, 0.15) is 20.1 Å². The Morgan fingerprint density at radius 1 is 1.36 bits per heavy atom. The Bertz CT molecular complexity index is 1290. The van der Waals surface area contributed by atoms with Gasteiger partial charge in [-0.2, -0.15) is 5.09 Å². The van der Waals surface area contributed by atoms with Crippen molar-refractivity contribution >= 4 is 36.9 Å². The summed E-state index contributed by atoms with van der Waals surface area (Å²) in [5, 5.41) is 13.2. The van der Waals surface area contributed by atoms with E-state index in [-0.39, 0.29) is 15.8 Å². The number of hydrogen-bond acceptors (Lipinski definition) is 9. The molecule has 198 valence electrons. The van der Waals surface area contributed by atoms with Crippen molar-refractivity contribution in [1.82, 2.24) is 14.6 Å². The van der Waals surface area contributed by atoms with Crippen LogP contribution in [0.3, 0.4) is 0 Å². The number of benzene rings is 1. The summed E-state index contributed by atoms with van der Waals surface area (Å²) in [6, 6.07) is 3.78. The summed E-state index contributed by atoms with van der Waals surface area (Å²) in [5.74, 6) is -0.833. The van der Waals surface area contributed by atoms with Crippen LogP contribution in [-0.2, 0) is 23.4 Å². The smallest absolute Gasteiger partial charge is 0.459 e. The lowest BCUT2D eigenvalue weighted by Crippen LogP contribution is -2.43. The highest BCUT2D eigenvalue weighted by molar-refractivity contribution is 7.52. The molecule has 1 saturated heterocycles. The average Bonchev–Trinajstić information content (AvgIpc) is 3.03. The molecule has 1 aliphatic rings. The number of ether oxygens (including phenoxy) is 2. The van der Waals surface area contributed by atoms with Gasteiger partial charge in [0.15, 0.2) is 11.9 Å². The number of nitrogens with one attached hydrogen (secondary N) is 2. The molecule has 0 bridgehead atoms. The zero-order valence-corrected chi connectivity index (χ0v) is 21.6. The summed E-state index contributed by atoms with van der Waals surface area (Å²) in [7, 11) is -3.29. The highest BCUT2D eigenvalue weighted by atomic mass is 35.5. The zero-order chi connectivity index (χ0) is 26.8.